The molecule has 0 aliphatic rings. The molecule has 266 valence electrons. The van der Waals surface area contributed by atoms with Crippen LogP contribution < -0.4 is 5.32 Å². The molecule has 0 rings (SSSR count). The molecule has 1 N–H and O–H groups in total. The van der Waals surface area contributed by atoms with Crippen molar-refractivity contribution in [3.63, 3.8) is 0 Å². The van der Waals surface area contributed by atoms with Gasteiger partial charge in [-0.1, -0.05) is 140 Å². The average Bonchev–Trinajstić information content (AvgIpc) is 3.05. The molecule has 0 heterocycles. The molecular weight excluding hydrogens is 564 g/mol. The Balaban J connectivity index is 4.12. The fraction of sp³-hybridized carbons (Fsp3) is 0.786. The zero-order chi connectivity index (χ0) is 33.6. The quantitative estimate of drug-likeness (QED) is 0.0452. The summed E-state index contributed by atoms with van der Waals surface area (Å²) in [7, 11) is 4.09. The van der Waals surface area contributed by atoms with E-state index >= 15 is 0 Å². The van der Waals surface area contributed by atoms with Gasteiger partial charge in [-0.05, 0) is 84.2 Å². The Kier molecular flexibility index (Phi) is 35.8. The molecule has 1 atom stereocenters. The van der Waals surface area contributed by atoms with Crippen LogP contribution in [0.5, 0.6) is 0 Å². The summed E-state index contributed by atoms with van der Waals surface area (Å²) in [5, 5.41) is 3.07. The highest BCUT2D eigenvalue weighted by Crippen LogP contribution is 2.19. The van der Waals surface area contributed by atoms with Gasteiger partial charge in [0.05, 0.1) is 6.61 Å². The van der Waals surface area contributed by atoms with Crippen LogP contribution in [-0.4, -0.2) is 44.8 Å². The maximum atomic E-state index is 12.2. The lowest BCUT2D eigenvalue weighted by Crippen LogP contribution is -2.30. The fourth-order valence-corrected chi connectivity index (χ4v) is 5.51. The Morgan fingerprint density at radius 1 is 0.652 bits per heavy atom. The van der Waals surface area contributed by atoms with Crippen LogP contribution in [0.1, 0.15) is 174 Å². The molecule has 0 aromatic heterocycles. The molecule has 0 spiro atoms. The molecule has 0 radical (unpaired) electrons. The number of unbranched alkanes of at least 4 members (excludes halogenated alkanes) is 16. The zero-order valence-electron chi connectivity index (χ0n) is 31.1. The van der Waals surface area contributed by atoms with E-state index in [2.05, 4.69) is 72.4 Å². The number of allylic oxidation sites excluding steroid dienone is 6. The Morgan fingerprint density at radius 2 is 1.22 bits per heavy atom. The van der Waals surface area contributed by atoms with Crippen molar-refractivity contribution in [2.24, 2.45) is 5.92 Å². The van der Waals surface area contributed by atoms with Crippen LogP contribution in [0.3, 0.4) is 0 Å². The van der Waals surface area contributed by atoms with Crippen molar-refractivity contribution >= 4 is 6.09 Å². The SMILES string of the molecule is CCCC/C=C/C/C=C/CCCCCCCC(CCCCCCCCC#CC/C=C\CCCCC)CNC(=O)OCCCN(C)C. The Morgan fingerprint density at radius 3 is 1.87 bits per heavy atom. The van der Waals surface area contributed by atoms with Crippen LogP contribution in [0.2, 0.25) is 0 Å². The number of hydrogen-bond acceptors (Lipinski definition) is 3. The van der Waals surface area contributed by atoms with E-state index in [0.29, 0.717) is 12.5 Å². The van der Waals surface area contributed by atoms with E-state index in [0.717, 1.165) is 38.8 Å². The molecule has 0 aliphatic carbocycles. The van der Waals surface area contributed by atoms with Gasteiger partial charge in [0.15, 0.2) is 0 Å². The number of carbonyl (C=O) groups is 1. The molecule has 0 fully saturated rings. The molecule has 4 nitrogen and oxygen atoms in total. The third-order valence-electron chi connectivity index (χ3n) is 8.48. The molecule has 1 amide bonds. The average molecular weight is 641 g/mol. The number of nitrogens with zero attached hydrogens (tertiary/aromatic N) is 1. The highest BCUT2D eigenvalue weighted by Gasteiger charge is 2.11. The highest BCUT2D eigenvalue weighted by molar-refractivity contribution is 5.67. The second kappa shape index (κ2) is 37.5. The summed E-state index contributed by atoms with van der Waals surface area (Å²) >= 11 is 0. The van der Waals surface area contributed by atoms with Crippen molar-refractivity contribution in [3.8, 4) is 11.8 Å². The topological polar surface area (TPSA) is 41.6 Å². The predicted molar refractivity (Wildman–Crippen MR) is 203 cm³/mol. The van der Waals surface area contributed by atoms with E-state index < -0.39 is 0 Å². The molecule has 0 aromatic carbocycles. The number of alkyl carbamates (subject to hydrolysis) is 1. The van der Waals surface area contributed by atoms with Crippen molar-refractivity contribution in [2.45, 2.75) is 174 Å². The largest absolute Gasteiger partial charge is 0.450 e. The first-order valence-electron chi connectivity index (χ1n) is 19.6. The third kappa shape index (κ3) is 36.5. The van der Waals surface area contributed by atoms with Crippen LogP contribution in [0.15, 0.2) is 36.5 Å². The lowest BCUT2D eigenvalue weighted by Gasteiger charge is -2.18. The van der Waals surface area contributed by atoms with E-state index in [-0.39, 0.29) is 6.09 Å². The second-order valence-electron chi connectivity index (χ2n) is 13.4. The summed E-state index contributed by atoms with van der Waals surface area (Å²) in [5.74, 6) is 7.20. The van der Waals surface area contributed by atoms with Gasteiger partial charge in [0, 0.05) is 25.9 Å². The van der Waals surface area contributed by atoms with E-state index in [1.165, 1.54) is 135 Å². The highest BCUT2D eigenvalue weighted by atomic mass is 16.5. The van der Waals surface area contributed by atoms with Gasteiger partial charge in [0.1, 0.15) is 0 Å². The molecule has 4 heteroatoms. The van der Waals surface area contributed by atoms with Gasteiger partial charge in [-0.2, -0.15) is 0 Å². The summed E-state index contributed by atoms with van der Waals surface area (Å²) < 4.78 is 5.41. The Hall–Kier alpha value is -1.99. The maximum absolute atomic E-state index is 12.2. The smallest absolute Gasteiger partial charge is 0.407 e. The lowest BCUT2D eigenvalue weighted by atomic mass is 9.94. The minimum Gasteiger partial charge on any atom is -0.450 e. The van der Waals surface area contributed by atoms with Crippen molar-refractivity contribution < 1.29 is 9.53 Å². The maximum Gasteiger partial charge on any atom is 0.407 e. The number of ether oxygens (including phenoxy) is 1. The molecular formula is C42H76N2O2. The first-order chi connectivity index (χ1) is 22.6. The summed E-state index contributed by atoms with van der Waals surface area (Å²) in [6, 6.07) is 0. The van der Waals surface area contributed by atoms with Gasteiger partial charge in [-0.15, -0.1) is 5.92 Å². The number of carbonyl (C=O) groups excluding carboxylic acids is 1. The fourth-order valence-electron chi connectivity index (χ4n) is 5.51. The number of amides is 1. The van der Waals surface area contributed by atoms with Gasteiger partial charge in [-0.25, -0.2) is 4.79 Å². The second-order valence-corrected chi connectivity index (χ2v) is 13.4. The normalized spacial score (nSPS) is 12.4. The summed E-state index contributed by atoms with van der Waals surface area (Å²) in [4.78, 5) is 14.4. The van der Waals surface area contributed by atoms with Crippen molar-refractivity contribution in [2.75, 3.05) is 33.8 Å². The van der Waals surface area contributed by atoms with Gasteiger partial charge >= 0.3 is 6.09 Å². The summed E-state index contributed by atoms with van der Waals surface area (Å²) in [5.41, 5.74) is 0. The zero-order valence-corrected chi connectivity index (χ0v) is 31.1. The van der Waals surface area contributed by atoms with Crippen molar-refractivity contribution in [3.05, 3.63) is 36.5 Å². The van der Waals surface area contributed by atoms with Gasteiger partial charge < -0.3 is 15.0 Å². The van der Waals surface area contributed by atoms with E-state index in [9.17, 15) is 4.79 Å². The van der Waals surface area contributed by atoms with Gasteiger partial charge in [-0.3, -0.25) is 0 Å². The van der Waals surface area contributed by atoms with E-state index in [4.69, 9.17) is 4.74 Å². The monoisotopic (exact) mass is 641 g/mol. The van der Waals surface area contributed by atoms with Crippen LogP contribution in [-0.2, 0) is 4.74 Å². The molecule has 46 heavy (non-hydrogen) atoms. The number of nitrogens with one attached hydrogen (secondary N) is 1. The van der Waals surface area contributed by atoms with E-state index in [1.807, 2.05) is 14.1 Å². The van der Waals surface area contributed by atoms with Crippen LogP contribution in [0.25, 0.3) is 0 Å². The van der Waals surface area contributed by atoms with E-state index in [1.54, 1.807) is 0 Å². The Labute approximate surface area is 287 Å². The molecule has 0 aromatic rings. The molecule has 0 saturated carbocycles. The first-order valence-corrected chi connectivity index (χ1v) is 19.6. The first kappa shape index (κ1) is 44.0. The van der Waals surface area contributed by atoms with Crippen LogP contribution in [0.4, 0.5) is 4.79 Å². The molecule has 0 bridgehead atoms. The number of rotatable bonds is 32. The summed E-state index contributed by atoms with van der Waals surface area (Å²) in [6.45, 7) is 6.67. The standard InChI is InChI=1S/C42H76N2O2/c1-5-7-9-11-13-15-17-19-21-22-24-26-28-30-32-34-37-41(40-43-42(45)46-39-35-38-44(3)4)36-33-31-29-27-25-23-20-18-16-14-12-10-8-6-2/h12-15,18,20,41H,5-11,16-17,22-40H2,1-4H3,(H,43,45)/b14-12+,15-13-,20-18+. The molecule has 1 unspecified atom stereocenters. The predicted octanol–water partition coefficient (Wildman–Crippen LogP) is 12.4. The molecule has 0 aliphatic heterocycles. The summed E-state index contributed by atoms with van der Waals surface area (Å²) in [6.07, 6.45) is 44.2. The van der Waals surface area contributed by atoms with Crippen LogP contribution >= 0.6 is 0 Å². The van der Waals surface area contributed by atoms with Crippen molar-refractivity contribution in [1.29, 1.82) is 0 Å². The minimum absolute atomic E-state index is 0.251. The van der Waals surface area contributed by atoms with Crippen LogP contribution in [0, 0.1) is 17.8 Å². The third-order valence-corrected chi connectivity index (χ3v) is 8.48. The molecule has 0 saturated heterocycles. The minimum atomic E-state index is -0.251. The Bertz CT molecular complexity index is 789. The van der Waals surface area contributed by atoms with Gasteiger partial charge in [0.2, 0.25) is 0 Å². The lowest BCUT2D eigenvalue weighted by molar-refractivity contribution is 0.139. The van der Waals surface area contributed by atoms with Gasteiger partial charge in [0.25, 0.3) is 0 Å². The number of hydrogen-bond donors (Lipinski definition) is 1. The van der Waals surface area contributed by atoms with Crippen molar-refractivity contribution in [1.82, 2.24) is 10.2 Å².